The van der Waals surface area contributed by atoms with Crippen molar-refractivity contribution < 1.29 is 9.18 Å². The molecule has 0 atom stereocenters. The Kier molecular flexibility index (Phi) is 9.37. The molecule has 1 saturated heterocycles. The molecular weight excluding hydrogens is 482 g/mol. The van der Waals surface area contributed by atoms with E-state index in [9.17, 15) is 9.18 Å². The Balaban J connectivity index is 0.00000300. The van der Waals surface area contributed by atoms with Crippen LogP contribution in [0.25, 0.3) is 0 Å². The first kappa shape index (κ1) is 23.1. The molecular formula is C22H28FIN4O. The largest absolute Gasteiger partial charge is 0.356 e. The second kappa shape index (κ2) is 11.7. The summed E-state index contributed by atoms with van der Waals surface area (Å²) in [5, 5.41) is 6.52. The molecule has 0 bridgehead atoms. The number of hydrogen-bond donors (Lipinski definition) is 2. The van der Waals surface area contributed by atoms with Crippen molar-refractivity contribution in [1.29, 1.82) is 0 Å². The monoisotopic (exact) mass is 510 g/mol. The van der Waals surface area contributed by atoms with Crippen molar-refractivity contribution in [3.8, 4) is 0 Å². The predicted octanol–water partition coefficient (Wildman–Crippen LogP) is 3.87. The molecule has 156 valence electrons. The van der Waals surface area contributed by atoms with Gasteiger partial charge in [-0.05, 0) is 54.7 Å². The number of rotatable bonds is 6. The van der Waals surface area contributed by atoms with Gasteiger partial charge in [0.1, 0.15) is 5.82 Å². The molecule has 1 aliphatic heterocycles. The van der Waals surface area contributed by atoms with Crippen LogP contribution in [0.1, 0.15) is 30.4 Å². The maximum Gasteiger partial charge on any atom is 0.226 e. The summed E-state index contributed by atoms with van der Waals surface area (Å²) in [6.07, 6.45) is 3.41. The molecule has 7 heteroatoms. The first-order valence-electron chi connectivity index (χ1n) is 9.74. The van der Waals surface area contributed by atoms with Crippen LogP contribution in [0.2, 0.25) is 0 Å². The molecule has 0 saturated carbocycles. The van der Waals surface area contributed by atoms with Crippen LogP contribution >= 0.6 is 24.0 Å². The average molecular weight is 510 g/mol. The van der Waals surface area contributed by atoms with Crippen LogP contribution in [0, 0.1) is 5.82 Å². The molecule has 2 N–H and O–H groups in total. The molecule has 1 aliphatic rings. The maximum atomic E-state index is 13.2. The van der Waals surface area contributed by atoms with E-state index in [1.807, 2.05) is 35.2 Å². The molecule has 2 aromatic carbocycles. The number of carbonyl (C=O) groups excluding carboxylic acids is 1. The van der Waals surface area contributed by atoms with Gasteiger partial charge in [0.25, 0.3) is 0 Å². The van der Waals surface area contributed by atoms with Crippen LogP contribution in [-0.2, 0) is 17.8 Å². The smallest absolute Gasteiger partial charge is 0.226 e. The summed E-state index contributed by atoms with van der Waals surface area (Å²) in [5.41, 5.74) is 3.03. The fourth-order valence-electron chi connectivity index (χ4n) is 3.30. The number of nitrogens with zero attached hydrogens (tertiary/aromatic N) is 2. The Morgan fingerprint density at radius 1 is 1.10 bits per heavy atom. The number of nitrogens with one attached hydrogen (secondary N) is 2. The van der Waals surface area contributed by atoms with Crippen molar-refractivity contribution in [1.82, 2.24) is 10.6 Å². The summed E-state index contributed by atoms with van der Waals surface area (Å²) in [7, 11) is 1.72. The Hall–Kier alpha value is -2.16. The van der Waals surface area contributed by atoms with Gasteiger partial charge in [0, 0.05) is 38.8 Å². The zero-order valence-corrected chi connectivity index (χ0v) is 19.0. The molecule has 0 radical (unpaired) electrons. The Morgan fingerprint density at radius 2 is 1.90 bits per heavy atom. The van der Waals surface area contributed by atoms with Crippen LogP contribution in [0.3, 0.4) is 0 Å². The molecule has 1 heterocycles. The standard InChI is InChI=1S/C22H27FN4O.HI/c1-24-22(25-13-12-17-5-4-6-19(23)15-17)26-16-18-8-10-20(11-9-18)27-14-3-2-7-21(27)28;/h4-6,8-11,15H,2-3,7,12-14,16H2,1H3,(H2,24,25,26);1H. The maximum absolute atomic E-state index is 13.2. The molecule has 2 aromatic rings. The van der Waals surface area contributed by atoms with Crippen LogP contribution in [0.15, 0.2) is 53.5 Å². The van der Waals surface area contributed by atoms with Crippen LogP contribution in [0.5, 0.6) is 0 Å². The lowest BCUT2D eigenvalue weighted by molar-refractivity contribution is -0.119. The number of halogens is 2. The van der Waals surface area contributed by atoms with E-state index < -0.39 is 0 Å². The third-order valence-electron chi connectivity index (χ3n) is 4.85. The van der Waals surface area contributed by atoms with Gasteiger partial charge in [-0.15, -0.1) is 24.0 Å². The van der Waals surface area contributed by atoms with Crippen LogP contribution in [-0.4, -0.2) is 32.0 Å². The van der Waals surface area contributed by atoms with Gasteiger partial charge in [0.05, 0.1) is 0 Å². The van der Waals surface area contributed by atoms with Crippen LogP contribution < -0.4 is 15.5 Å². The molecule has 3 rings (SSSR count). The van der Waals surface area contributed by atoms with Gasteiger partial charge in [0.15, 0.2) is 5.96 Å². The quantitative estimate of drug-likeness (QED) is 0.353. The molecule has 1 fully saturated rings. The van der Waals surface area contributed by atoms with Gasteiger partial charge in [-0.2, -0.15) is 0 Å². The van der Waals surface area contributed by atoms with Crippen molar-refractivity contribution in [2.45, 2.75) is 32.2 Å². The lowest BCUT2D eigenvalue weighted by Gasteiger charge is -2.26. The van der Waals surface area contributed by atoms with Crippen molar-refractivity contribution in [3.63, 3.8) is 0 Å². The fourth-order valence-corrected chi connectivity index (χ4v) is 3.30. The third-order valence-corrected chi connectivity index (χ3v) is 4.85. The number of guanidine groups is 1. The second-order valence-electron chi connectivity index (χ2n) is 6.90. The van der Waals surface area contributed by atoms with Crippen LogP contribution in [0.4, 0.5) is 10.1 Å². The van der Waals surface area contributed by atoms with Gasteiger partial charge >= 0.3 is 0 Å². The molecule has 1 amide bonds. The van der Waals surface area contributed by atoms with Gasteiger partial charge in [-0.1, -0.05) is 24.3 Å². The number of hydrogen-bond acceptors (Lipinski definition) is 2. The highest BCUT2D eigenvalue weighted by Gasteiger charge is 2.19. The summed E-state index contributed by atoms with van der Waals surface area (Å²) >= 11 is 0. The Bertz CT molecular complexity index is 826. The zero-order valence-electron chi connectivity index (χ0n) is 16.7. The van der Waals surface area contributed by atoms with E-state index in [1.54, 1.807) is 19.2 Å². The minimum absolute atomic E-state index is 0. The Labute approximate surface area is 188 Å². The normalized spacial score (nSPS) is 14.3. The molecule has 0 aromatic heterocycles. The number of carbonyl (C=O) groups is 1. The average Bonchev–Trinajstić information content (AvgIpc) is 2.71. The van der Waals surface area contributed by atoms with E-state index in [0.717, 1.165) is 42.6 Å². The minimum atomic E-state index is -0.213. The zero-order chi connectivity index (χ0) is 19.8. The van der Waals surface area contributed by atoms with E-state index in [0.29, 0.717) is 25.5 Å². The van der Waals surface area contributed by atoms with Crippen molar-refractivity contribution in [3.05, 3.63) is 65.5 Å². The van der Waals surface area contributed by atoms with E-state index in [-0.39, 0.29) is 35.7 Å². The summed E-state index contributed by atoms with van der Waals surface area (Å²) in [6, 6.07) is 14.7. The molecule has 0 aliphatic carbocycles. The second-order valence-corrected chi connectivity index (χ2v) is 6.90. The van der Waals surface area contributed by atoms with Gasteiger partial charge in [0.2, 0.25) is 5.91 Å². The van der Waals surface area contributed by atoms with Gasteiger partial charge in [-0.25, -0.2) is 4.39 Å². The summed E-state index contributed by atoms with van der Waals surface area (Å²) in [4.78, 5) is 18.1. The number of piperidine rings is 1. The highest BCUT2D eigenvalue weighted by atomic mass is 127. The number of benzene rings is 2. The summed E-state index contributed by atoms with van der Waals surface area (Å²) < 4.78 is 13.2. The third kappa shape index (κ3) is 6.99. The highest BCUT2D eigenvalue weighted by Crippen LogP contribution is 2.21. The lowest BCUT2D eigenvalue weighted by atomic mass is 10.1. The molecule has 29 heavy (non-hydrogen) atoms. The first-order valence-corrected chi connectivity index (χ1v) is 9.74. The van der Waals surface area contributed by atoms with E-state index in [1.165, 1.54) is 6.07 Å². The summed E-state index contributed by atoms with van der Waals surface area (Å²) in [5.74, 6) is 0.696. The van der Waals surface area contributed by atoms with Gasteiger partial charge in [-0.3, -0.25) is 9.79 Å². The molecule has 5 nitrogen and oxygen atoms in total. The van der Waals surface area contributed by atoms with Crippen molar-refractivity contribution in [2.75, 3.05) is 25.0 Å². The van der Waals surface area contributed by atoms with E-state index in [4.69, 9.17) is 0 Å². The van der Waals surface area contributed by atoms with Crippen molar-refractivity contribution in [2.24, 2.45) is 4.99 Å². The van der Waals surface area contributed by atoms with Crippen molar-refractivity contribution >= 4 is 41.5 Å². The summed E-state index contributed by atoms with van der Waals surface area (Å²) in [6.45, 7) is 2.10. The number of amides is 1. The lowest BCUT2D eigenvalue weighted by Crippen LogP contribution is -2.38. The number of anilines is 1. The van der Waals surface area contributed by atoms with Gasteiger partial charge < -0.3 is 15.5 Å². The minimum Gasteiger partial charge on any atom is -0.356 e. The van der Waals surface area contributed by atoms with E-state index in [2.05, 4.69) is 15.6 Å². The fraction of sp³-hybridized carbons (Fsp3) is 0.364. The highest BCUT2D eigenvalue weighted by molar-refractivity contribution is 14.0. The first-order chi connectivity index (χ1) is 13.7. The topological polar surface area (TPSA) is 56.7 Å². The Morgan fingerprint density at radius 3 is 2.59 bits per heavy atom. The van der Waals surface area contributed by atoms with E-state index >= 15 is 0 Å². The predicted molar refractivity (Wildman–Crippen MR) is 126 cm³/mol. The SMILES string of the molecule is CN=C(NCCc1cccc(F)c1)NCc1ccc(N2CCCCC2=O)cc1.I. The molecule has 0 spiro atoms. The number of aliphatic imine (C=N–C) groups is 1. The molecule has 0 unspecified atom stereocenters.